The van der Waals surface area contributed by atoms with Gasteiger partial charge in [0.15, 0.2) is 0 Å². The molecule has 2 bridgehead atoms. The standard InChI is InChI=1S/C19H29N3O.2ClH/c1-13-5-2-3-8-17(13)21-10-9-18(23)22-19-14-6-4-7-15(19)12-16(20)11-14;;/h2-3,5,8,14-16,19,21H,4,6-7,9-12,20H2,1H3,(H,22,23);2*1H. The first-order valence-corrected chi connectivity index (χ1v) is 8.98. The van der Waals surface area contributed by atoms with Gasteiger partial charge in [-0.25, -0.2) is 0 Å². The minimum Gasteiger partial charge on any atom is -0.384 e. The van der Waals surface area contributed by atoms with Gasteiger partial charge in [0, 0.05) is 30.7 Å². The third kappa shape index (κ3) is 5.77. The maximum atomic E-state index is 12.3. The Bertz CT molecular complexity index is 541. The number of rotatable bonds is 5. The maximum Gasteiger partial charge on any atom is 0.222 e. The molecule has 3 rings (SSSR count). The number of nitrogens with two attached hydrogens (primary N) is 1. The molecule has 0 radical (unpaired) electrons. The van der Waals surface area contributed by atoms with Gasteiger partial charge in [-0.15, -0.1) is 24.8 Å². The molecule has 0 spiro atoms. The van der Waals surface area contributed by atoms with Crippen LogP contribution in [0.15, 0.2) is 24.3 Å². The van der Waals surface area contributed by atoms with Crippen LogP contribution in [-0.2, 0) is 4.79 Å². The van der Waals surface area contributed by atoms with Crippen molar-refractivity contribution in [2.45, 2.75) is 57.5 Å². The molecule has 1 aromatic carbocycles. The van der Waals surface area contributed by atoms with E-state index in [2.05, 4.69) is 29.7 Å². The lowest BCUT2D eigenvalue weighted by atomic mass is 9.67. The minimum atomic E-state index is 0. The van der Waals surface area contributed by atoms with Crippen LogP contribution in [0.2, 0.25) is 0 Å². The van der Waals surface area contributed by atoms with Gasteiger partial charge in [0.1, 0.15) is 0 Å². The van der Waals surface area contributed by atoms with Crippen LogP contribution < -0.4 is 16.4 Å². The molecule has 2 aliphatic rings. The van der Waals surface area contributed by atoms with Gasteiger partial charge in [-0.05, 0) is 56.1 Å². The van der Waals surface area contributed by atoms with Gasteiger partial charge in [-0.2, -0.15) is 0 Å². The molecule has 6 heteroatoms. The molecule has 2 atom stereocenters. The van der Waals surface area contributed by atoms with Gasteiger partial charge in [0.2, 0.25) is 5.91 Å². The summed E-state index contributed by atoms with van der Waals surface area (Å²) < 4.78 is 0. The van der Waals surface area contributed by atoms with E-state index in [1.807, 2.05) is 12.1 Å². The van der Waals surface area contributed by atoms with Crippen molar-refractivity contribution >= 4 is 36.4 Å². The number of hydrogen-bond donors (Lipinski definition) is 3. The molecule has 25 heavy (non-hydrogen) atoms. The van der Waals surface area contributed by atoms with E-state index in [4.69, 9.17) is 5.73 Å². The summed E-state index contributed by atoms with van der Waals surface area (Å²) in [7, 11) is 0. The van der Waals surface area contributed by atoms with E-state index in [0.29, 0.717) is 36.9 Å². The highest BCUT2D eigenvalue weighted by molar-refractivity contribution is 5.85. The molecule has 1 amide bonds. The molecule has 2 aliphatic carbocycles. The molecule has 142 valence electrons. The van der Waals surface area contributed by atoms with Gasteiger partial charge in [0.25, 0.3) is 0 Å². The summed E-state index contributed by atoms with van der Waals surface area (Å²) >= 11 is 0. The fourth-order valence-corrected chi connectivity index (χ4v) is 4.36. The smallest absolute Gasteiger partial charge is 0.222 e. The highest BCUT2D eigenvalue weighted by Gasteiger charge is 2.39. The summed E-state index contributed by atoms with van der Waals surface area (Å²) in [4.78, 5) is 12.3. The fraction of sp³-hybridized carbons (Fsp3) is 0.632. The van der Waals surface area contributed by atoms with Crippen LogP contribution in [0.1, 0.15) is 44.1 Å². The summed E-state index contributed by atoms with van der Waals surface area (Å²) in [6.45, 7) is 2.76. The summed E-state index contributed by atoms with van der Waals surface area (Å²) in [6.07, 6.45) is 6.40. The number of para-hydroxylation sites is 1. The highest BCUT2D eigenvalue weighted by atomic mass is 35.5. The Hall–Kier alpha value is -0.970. The SMILES string of the molecule is Cc1ccccc1NCCC(=O)NC1C2CCCC1CC(N)C2.Cl.Cl. The number of hydrogen-bond acceptors (Lipinski definition) is 3. The van der Waals surface area contributed by atoms with Gasteiger partial charge in [-0.3, -0.25) is 4.79 Å². The van der Waals surface area contributed by atoms with Crippen LogP contribution in [0.4, 0.5) is 5.69 Å². The first-order valence-electron chi connectivity index (χ1n) is 8.98. The van der Waals surface area contributed by atoms with Gasteiger partial charge >= 0.3 is 0 Å². The number of carbonyl (C=O) groups is 1. The van der Waals surface area contributed by atoms with Crippen molar-refractivity contribution in [3.05, 3.63) is 29.8 Å². The second-order valence-electron chi connectivity index (χ2n) is 7.27. The minimum absolute atomic E-state index is 0. The normalized spacial score (nSPS) is 27.4. The van der Waals surface area contributed by atoms with Crippen LogP contribution in [0.5, 0.6) is 0 Å². The largest absolute Gasteiger partial charge is 0.384 e. The molecule has 4 N–H and O–H groups in total. The van der Waals surface area contributed by atoms with Crippen molar-refractivity contribution < 1.29 is 4.79 Å². The lowest BCUT2D eigenvalue weighted by Crippen LogP contribution is -2.53. The molecule has 2 saturated carbocycles. The van der Waals surface area contributed by atoms with E-state index in [1.54, 1.807) is 0 Å². The number of anilines is 1. The molecular formula is C19H31Cl2N3O. The average molecular weight is 388 g/mol. The van der Waals surface area contributed by atoms with Crippen molar-refractivity contribution in [3.8, 4) is 0 Å². The van der Waals surface area contributed by atoms with E-state index in [9.17, 15) is 4.79 Å². The number of fused-ring (bicyclic) bond motifs is 2. The Morgan fingerprint density at radius 2 is 1.80 bits per heavy atom. The fourth-order valence-electron chi connectivity index (χ4n) is 4.36. The van der Waals surface area contributed by atoms with Gasteiger partial charge < -0.3 is 16.4 Å². The third-order valence-corrected chi connectivity index (χ3v) is 5.52. The van der Waals surface area contributed by atoms with Crippen molar-refractivity contribution in [2.24, 2.45) is 17.6 Å². The van der Waals surface area contributed by atoms with Gasteiger partial charge in [0.05, 0.1) is 0 Å². The quantitative estimate of drug-likeness (QED) is 0.721. The third-order valence-electron chi connectivity index (χ3n) is 5.52. The number of halogens is 2. The topological polar surface area (TPSA) is 67.2 Å². The summed E-state index contributed by atoms with van der Waals surface area (Å²) in [5, 5.41) is 6.67. The number of amides is 1. The second kappa shape index (κ2) is 10.2. The number of carbonyl (C=O) groups excluding carboxylic acids is 1. The molecule has 2 fully saturated rings. The zero-order valence-electron chi connectivity index (χ0n) is 14.9. The van der Waals surface area contributed by atoms with E-state index in [-0.39, 0.29) is 30.7 Å². The van der Waals surface area contributed by atoms with Crippen LogP contribution in [-0.4, -0.2) is 24.5 Å². The van der Waals surface area contributed by atoms with E-state index in [0.717, 1.165) is 18.5 Å². The Labute approximate surface area is 163 Å². The van der Waals surface area contributed by atoms with E-state index >= 15 is 0 Å². The van der Waals surface area contributed by atoms with E-state index < -0.39 is 0 Å². The van der Waals surface area contributed by atoms with E-state index in [1.165, 1.54) is 24.8 Å². The molecule has 0 aliphatic heterocycles. The average Bonchev–Trinajstić information content (AvgIpc) is 2.50. The summed E-state index contributed by atoms with van der Waals surface area (Å²) in [5.41, 5.74) is 8.48. The zero-order chi connectivity index (χ0) is 16.2. The molecule has 1 aromatic rings. The molecule has 2 unspecified atom stereocenters. The molecule has 0 heterocycles. The van der Waals surface area contributed by atoms with Crippen LogP contribution in [0.3, 0.4) is 0 Å². The van der Waals surface area contributed by atoms with Crippen LogP contribution in [0, 0.1) is 18.8 Å². The van der Waals surface area contributed by atoms with Crippen molar-refractivity contribution in [3.63, 3.8) is 0 Å². The molecule has 4 nitrogen and oxygen atoms in total. The number of benzene rings is 1. The molecule has 0 aromatic heterocycles. The van der Waals surface area contributed by atoms with Crippen LogP contribution >= 0.6 is 24.8 Å². The van der Waals surface area contributed by atoms with Crippen LogP contribution in [0.25, 0.3) is 0 Å². The Morgan fingerprint density at radius 1 is 1.16 bits per heavy atom. The maximum absolute atomic E-state index is 12.3. The lowest BCUT2D eigenvalue weighted by molar-refractivity contribution is -0.123. The zero-order valence-corrected chi connectivity index (χ0v) is 16.5. The first kappa shape index (κ1) is 22.1. The number of aryl methyl sites for hydroxylation is 1. The Kier molecular flexibility index (Phi) is 9.04. The Morgan fingerprint density at radius 3 is 2.44 bits per heavy atom. The second-order valence-corrected chi connectivity index (χ2v) is 7.27. The predicted octanol–water partition coefficient (Wildman–Crippen LogP) is 3.66. The number of nitrogens with one attached hydrogen (secondary N) is 2. The van der Waals surface area contributed by atoms with Gasteiger partial charge in [-0.1, -0.05) is 24.6 Å². The monoisotopic (exact) mass is 387 g/mol. The van der Waals surface area contributed by atoms with Crippen molar-refractivity contribution in [2.75, 3.05) is 11.9 Å². The predicted molar refractivity (Wildman–Crippen MR) is 109 cm³/mol. The Balaban J connectivity index is 0.00000156. The first-order chi connectivity index (χ1) is 11.1. The molecule has 0 saturated heterocycles. The summed E-state index contributed by atoms with van der Waals surface area (Å²) in [6, 6.07) is 8.87. The molecular weight excluding hydrogens is 357 g/mol. The van der Waals surface area contributed by atoms with Crippen molar-refractivity contribution in [1.29, 1.82) is 0 Å². The van der Waals surface area contributed by atoms with Crippen molar-refractivity contribution in [1.82, 2.24) is 5.32 Å². The summed E-state index contributed by atoms with van der Waals surface area (Å²) in [5.74, 6) is 1.35. The highest BCUT2D eigenvalue weighted by Crippen LogP contribution is 2.39. The lowest BCUT2D eigenvalue weighted by Gasteiger charge is -2.45.